The molecular weight excluding hydrogens is 381 g/mol. The van der Waals surface area contributed by atoms with Gasteiger partial charge in [0, 0.05) is 19.3 Å². The topological polar surface area (TPSA) is 90.8 Å². The molecule has 0 amide bonds. The van der Waals surface area contributed by atoms with E-state index in [4.69, 9.17) is 0 Å². The molecule has 0 spiro atoms. The highest BCUT2D eigenvalue weighted by Gasteiger charge is 2.11. The molecule has 152 valence electrons. The van der Waals surface area contributed by atoms with Crippen molar-refractivity contribution in [2.75, 3.05) is 12.8 Å². The minimum absolute atomic E-state index is 0.0519. The fourth-order valence-electron chi connectivity index (χ4n) is 2.73. The lowest BCUT2D eigenvalue weighted by Crippen LogP contribution is -2.37. The SMILES string of the molecule is CCNC(=NCc1cc(F)ccc1CS(C)(=O)=O)NCc1ccccc1CO. The van der Waals surface area contributed by atoms with Crippen molar-refractivity contribution in [2.45, 2.75) is 32.4 Å². The molecule has 0 bridgehead atoms. The number of aliphatic imine (C=N–C) groups is 1. The number of rotatable bonds is 8. The summed E-state index contributed by atoms with van der Waals surface area (Å²) in [6.45, 7) is 3.11. The molecule has 2 rings (SSSR count). The van der Waals surface area contributed by atoms with E-state index < -0.39 is 15.7 Å². The summed E-state index contributed by atoms with van der Waals surface area (Å²) in [4.78, 5) is 4.46. The van der Waals surface area contributed by atoms with Crippen molar-refractivity contribution in [1.82, 2.24) is 10.6 Å². The Hall–Kier alpha value is -2.45. The van der Waals surface area contributed by atoms with E-state index in [1.165, 1.54) is 18.2 Å². The molecule has 0 fully saturated rings. The lowest BCUT2D eigenvalue weighted by molar-refractivity contribution is 0.280. The third-order valence-corrected chi connectivity index (χ3v) is 4.91. The van der Waals surface area contributed by atoms with Crippen LogP contribution in [0.15, 0.2) is 47.5 Å². The molecule has 0 aliphatic rings. The molecule has 0 saturated carbocycles. The van der Waals surface area contributed by atoms with Gasteiger partial charge in [-0.3, -0.25) is 0 Å². The molecule has 2 aromatic carbocycles. The molecule has 8 heteroatoms. The van der Waals surface area contributed by atoms with Gasteiger partial charge in [-0.05, 0) is 41.3 Å². The van der Waals surface area contributed by atoms with Crippen LogP contribution in [0.3, 0.4) is 0 Å². The van der Waals surface area contributed by atoms with E-state index in [-0.39, 0.29) is 18.9 Å². The van der Waals surface area contributed by atoms with Crippen LogP contribution in [0, 0.1) is 5.82 Å². The van der Waals surface area contributed by atoms with Gasteiger partial charge < -0.3 is 15.7 Å². The van der Waals surface area contributed by atoms with Crippen LogP contribution in [-0.2, 0) is 35.3 Å². The van der Waals surface area contributed by atoms with Gasteiger partial charge in [-0.2, -0.15) is 0 Å². The molecule has 6 nitrogen and oxygen atoms in total. The third-order valence-electron chi connectivity index (χ3n) is 4.07. The second-order valence-corrected chi connectivity index (χ2v) is 8.60. The first kappa shape index (κ1) is 21.8. The minimum Gasteiger partial charge on any atom is -0.392 e. The van der Waals surface area contributed by atoms with Crippen LogP contribution in [0.5, 0.6) is 0 Å². The maximum atomic E-state index is 13.7. The zero-order chi connectivity index (χ0) is 20.6. The monoisotopic (exact) mass is 407 g/mol. The van der Waals surface area contributed by atoms with Crippen molar-refractivity contribution in [3.05, 3.63) is 70.5 Å². The molecule has 28 heavy (non-hydrogen) atoms. The Morgan fingerprint density at radius 3 is 2.43 bits per heavy atom. The van der Waals surface area contributed by atoms with Crippen molar-refractivity contribution in [3.63, 3.8) is 0 Å². The maximum Gasteiger partial charge on any atom is 0.191 e. The van der Waals surface area contributed by atoms with Gasteiger partial charge in [0.2, 0.25) is 0 Å². The van der Waals surface area contributed by atoms with Gasteiger partial charge in [-0.15, -0.1) is 0 Å². The Bertz CT molecular complexity index is 930. The number of sulfone groups is 1. The zero-order valence-corrected chi connectivity index (χ0v) is 16.9. The molecule has 0 unspecified atom stereocenters. The second-order valence-electron chi connectivity index (χ2n) is 6.46. The van der Waals surface area contributed by atoms with Crippen molar-refractivity contribution >= 4 is 15.8 Å². The van der Waals surface area contributed by atoms with Gasteiger partial charge in [-0.1, -0.05) is 30.3 Å². The zero-order valence-electron chi connectivity index (χ0n) is 16.1. The number of hydrogen-bond acceptors (Lipinski definition) is 4. The lowest BCUT2D eigenvalue weighted by Gasteiger charge is -2.14. The molecule has 2 aromatic rings. The number of aliphatic hydroxyl groups is 1. The van der Waals surface area contributed by atoms with E-state index in [1.54, 1.807) is 0 Å². The highest BCUT2D eigenvalue weighted by atomic mass is 32.2. The van der Waals surface area contributed by atoms with Gasteiger partial charge in [0.1, 0.15) is 5.82 Å². The number of hydrogen-bond donors (Lipinski definition) is 3. The average molecular weight is 408 g/mol. The lowest BCUT2D eigenvalue weighted by atomic mass is 10.1. The summed E-state index contributed by atoms with van der Waals surface area (Å²) >= 11 is 0. The highest BCUT2D eigenvalue weighted by Crippen LogP contribution is 2.15. The van der Waals surface area contributed by atoms with Gasteiger partial charge in [0.25, 0.3) is 0 Å². The molecule has 0 saturated heterocycles. The number of halogens is 1. The van der Waals surface area contributed by atoms with Crippen molar-refractivity contribution in [3.8, 4) is 0 Å². The Balaban J connectivity index is 2.17. The minimum atomic E-state index is -3.24. The average Bonchev–Trinajstić information content (AvgIpc) is 2.65. The summed E-state index contributed by atoms with van der Waals surface area (Å²) in [5.74, 6) is -0.0755. The largest absolute Gasteiger partial charge is 0.392 e. The van der Waals surface area contributed by atoms with Crippen LogP contribution < -0.4 is 10.6 Å². The quantitative estimate of drug-likeness (QED) is 0.461. The Kier molecular flexibility index (Phi) is 7.95. The van der Waals surface area contributed by atoms with E-state index in [2.05, 4.69) is 15.6 Å². The second kappa shape index (κ2) is 10.2. The smallest absolute Gasteiger partial charge is 0.191 e. The summed E-state index contributed by atoms with van der Waals surface area (Å²) in [6.07, 6.45) is 1.15. The van der Waals surface area contributed by atoms with Crippen LogP contribution in [0.25, 0.3) is 0 Å². The number of nitrogens with one attached hydrogen (secondary N) is 2. The predicted molar refractivity (Wildman–Crippen MR) is 109 cm³/mol. The fraction of sp³-hybridized carbons (Fsp3) is 0.350. The summed E-state index contributed by atoms with van der Waals surface area (Å²) in [7, 11) is -3.24. The molecule has 3 N–H and O–H groups in total. The Labute approximate surface area is 165 Å². The Morgan fingerprint density at radius 2 is 1.79 bits per heavy atom. The van der Waals surface area contributed by atoms with Gasteiger partial charge >= 0.3 is 0 Å². The van der Waals surface area contributed by atoms with Crippen molar-refractivity contribution < 1.29 is 17.9 Å². The molecule has 0 heterocycles. The van der Waals surface area contributed by atoms with E-state index >= 15 is 0 Å². The van der Waals surface area contributed by atoms with Crippen LogP contribution in [0.4, 0.5) is 4.39 Å². The molecule has 0 aromatic heterocycles. The summed E-state index contributed by atoms with van der Waals surface area (Å²) in [5.41, 5.74) is 2.83. The van der Waals surface area contributed by atoms with Crippen molar-refractivity contribution in [2.24, 2.45) is 4.99 Å². The molecule has 0 atom stereocenters. The van der Waals surface area contributed by atoms with E-state index in [0.29, 0.717) is 30.2 Å². The summed E-state index contributed by atoms with van der Waals surface area (Å²) in [5, 5.41) is 15.7. The van der Waals surface area contributed by atoms with Crippen LogP contribution in [-0.4, -0.2) is 32.3 Å². The first-order valence-corrected chi connectivity index (χ1v) is 11.0. The van der Waals surface area contributed by atoms with E-state index in [0.717, 1.165) is 17.4 Å². The number of guanidine groups is 1. The number of aliphatic hydroxyl groups excluding tert-OH is 1. The predicted octanol–water partition coefficient (Wildman–Crippen LogP) is 2.12. The van der Waals surface area contributed by atoms with Crippen molar-refractivity contribution in [1.29, 1.82) is 0 Å². The first-order valence-electron chi connectivity index (χ1n) is 8.97. The van der Waals surface area contributed by atoms with E-state index in [1.807, 2.05) is 31.2 Å². The van der Waals surface area contributed by atoms with Crippen LogP contribution in [0.1, 0.15) is 29.2 Å². The van der Waals surface area contributed by atoms with Gasteiger partial charge in [-0.25, -0.2) is 17.8 Å². The molecular formula is C20H26FN3O3S. The normalized spacial score (nSPS) is 12.1. The van der Waals surface area contributed by atoms with Crippen LogP contribution >= 0.6 is 0 Å². The van der Waals surface area contributed by atoms with Gasteiger partial charge in [0.05, 0.1) is 18.9 Å². The van der Waals surface area contributed by atoms with Crippen LogP contribution in [0.2, 0.25) is 0 Å². The highest BCUT2D eigenvalue weighted by molar-refractivity contribution is 7.89. The molecule has 0 aliphatic carbocycles. The standard InChI is InChI=1S/C20H26FN3O3S/c1-3-22-20(23-11-15-6-4-5-7-16(15)13-25)24-12-18-10-19(21)9-8-17(18)14-28(2,26)27/h4-10,25H,3,11-14H2,1-2H3,(H2,22,23,24). The summed E-state index contributed by atoms with van der Waals surface area (Å²) in [6, 6.07) is 11.6. The maximum absolute atomic E-state index is 13.7. The first-order chi connectivity index (χ1) is 13.3. The molecule has 0 radical (unpaired) electrons. The Morgan fingerprint density at radius 1 is 1.07 bits per heavy atom. The fourth-order valence-corrected chi connectivity index (χ4v) is 3.58. The summed E-state index contributed by atoms with van der Waals surface area (Å²) < 4.78 is 36.9. The van der Waals surface area contributed by atoms with Gasteiger partial charge in [0.15, 0.2) is 15.8 Å². The van der Waals surface area contributed by atoms with E-state index in [9.17, 15) is 17.9 Å². The number of benzene rings is 2. The number of nitrogens with zero attached hydrogens (tertiary/aromatic N) is 1. The molecule has 0 aliphatic heterocycles. The third kappa shape index (κ3) is 6.94.